The molecule has 0 saturated heterocycles. The molecular formula is C27H43N7O2. The highest BCUT2D eigenvalue weighted by Crippen LogP contribution is 2.18. The van der Waals surface area contributed by atoms with E-state index in [9.17, 15) is 0 Å². The second kappa shape index (κ2) is 17.9. The van der Waals surface area contributed by atoms with Crippen molar-refractivity contribution in [2.75, 3.05) is 30.0 Å². The molecule has 0 spiro atoms. The van der Waals surface area contributed by atoms with Gasteiger partial charge in [-0.1, -0.05) is 47.6 Å². The maximum absolute atomic E-state index is 5.85. The number of nitrogens with zero attached hydrogens (tertiary/aromatic N) is 6. The second-order valence-electron chi connectivity index (χ2n) is 7.40. The van der Waals surface area contributed by atoms with E-state index in [1.807, 2.05) is 65.8 Å². The third kappa shape index (κ3) is 10.4. The molecule has 0 aliphatic carbocycles. The van der Waals surface area contributed by atoms with Gasteiger partial charge in [-0.15, -0.1) is 0 Å². The highest BCUT2D eigenvalue weighted by molar-refractivity contribution is 5.75. The Kier molecular flexibility index (Phi) is 15.2. The van der Waals surface area contributed by atoms with Crippen molar-refractivity contribution in [2.45, 2.75) is 74.7 Å². The third-order valence-corrected chi connectivity index (χ3v) is 4.73. The first-order chi connectivity index (χ1) is 17.6. The van der Waals surface area contributed by atoms with Crippen molar-refractivity contribution in [3.63, 3.8) is 0 Å². The molecule has 0 radical (unpaired) electrons. The summed E-state index contributed by atoms with van der Waals surface area (Å²) in [5.74, 6) is 2.41. The standard InChI is InChI=1S/C23H31N7O2.2C2H6/c1-5-12-30(13-6-2)22-26-20(16-25-29-21-15-17(3)18(4)32-21)27-23(28-22)31-14-10-19-9-7-8-11-24-19;2*1-2/h7-9,11,15-16,29H,5-6,10,12-14H2,1-4H3;2*1-2H3/b25-16+;;. The summed E-state index contributed by atoms with van der Waals surface area (Å²) in [5, 5.41) is 4.22. The average molecular weight is 498 g/mol. The fraction of sp³-hybridized carbons (Fsp3) is 0.519. The van der Waals surface area contributed by atoms with Gasteiger partial charge in [-0.25, -0.2) is 5.43 Å². The molecule has 0 bridgehead atoms. The predicted molar refractivity (Wildman–Crippen MR) is 148 cm³/mol. The van der Waals surface area contributed by atoms with Crippen LogP contribution in [-0.4, -0.2) is 45.8 Å². The number of ether oxygens (including phenoxy) is 1. The Balaban J connectivity index is 0.00000154. The first-order valence-electron chi connectivity index (χ1n) is 13.0. The van der Waals surface area contributed by atoms with Crippen LogP contribution in [0.15, 0.2) is 40.0 Å². The summed E-state index contributed by atoms with van der Waals surface area (Å²) >= 11 is 0. The van der Waals surface area contributed by atoms with Gasteiger partial charge in [0.15, 0.2) is 5.82 Å². The smallest absolute Gasteiger partial charge is 0.321 e. The van der Waals surface area contributed by atoms with Crippen LogP contribution in [0.3, 0.4) is 0 Å². The van der Waals surface area contributed by atoms with E-state index >= 15 is 0 Å². The molecule has 36 heavy (non-hydrogen) atoms. The Hall–Kier alpha value is -3.49. The Bertz CT molecular complexity index is 981. The maximum Gasteiger partial charge on any atom is 0.321 e. The fourth-order valence-electron chi connectivity index (χ4n) is 3.05. The van der Waals surface area contributed by atoms with E-state index in [0.29, 0.717) is 30.7 Å². The molecule has 0 saturated carbocycles. The van der Waals surface area contributed by atoms with Crippen LogP contribution in [0.2, 0.25) is 0 Å². The molecule has 0 aliphatic heterocycles. The van der Waals surface area contributed by atoms with Gasteiger partial charge in [0.2, 0.25) is 11.8 Å². The van der Waals surface area contributed by atoms with Crippen molar-refractivity contribution >= 4 is 18.0 Å². The van der Waals surface area contributed by atoms with E-state index in [0.717, 1.165) is 42.9 Å². The molecule has 3 aromatic rings. The summed E-state index contributed by atoms with van der Waals surface area (Å²) in [6, 6.07) is 7.98. The molecule has 0 fully saturated rings. The van der Waals surface area contributed by atoms with Crippen molar-refractivity contribution in [2.24, 2.45) is 5.10 Å². The lowest BCUT2D eigenvalue weighted by molar-refractivity contribution is 0.293. The van der Waals surface area contributed by atoms with Crippen molar-refractivity contribution in [3.05, 3.63) is 53.3 Å². The van der Waals surface area contributed by atoms with Crippen LogP contribution in [0.1, 0.15) is 77.2 Å². The molecule has 0 amide bonds. The van der Waals surface area contributed by atoms with Gasteiger partial charge in [0.25, 0.3) is 0 Å². The van der Waals surface area contributed by atoms with Crippen LogP contribution in [0, 0.1) is 13.8 Å². The minimum absolute atomic E-state index is 0.272. The Morgan fingerprint density at radius 2 is 1.75 bits per heavy atom. The molecule has 0 unspecified atom stereocenters. The highest BCUT2D eigenvalue weighted by atomic mass is 16.5. The number of anilines is 2. The van der Waals surface area contributed by atoms with E-state index in [2.05, 4.69) is 49.2 Å². The van der Waals surface area contributed by atoms with E-state index in [4.69, 9.17) is 9.15 Å². The van der Waals surface area contributed by atoms with Gasteiger partial charge < -0.3 is 14.1 Å². The predicted octanol–water partition coefficient (Wildman–Crippen LogP) is 6.22. The lowest BCUT2D eigenvalue weighted by atomic mass is 10.3. The van der Waals surface area contributed by atoms with Crippen molar-refractivity contribution in [3.8, 4) is 6.01 Å². The Morgan fingerprint density at radius 3 is 2.33 bits per heavy atom. The van der Waals surface area contributed by atoms with Gasteiger partial charge >= 0.3 is 6.01 Å². The summed E-state index contributed by atoms with van der Waals surface area (Å²) in [6.07, 6.45) is 5.96. The fourth-order valence-corrected chi connectivity index (χ4v) is 3.05. The van der Waals surface area contributed by atoms with Crippen LogP contribution < -0.4 is 15.1 Å². The number of furan rings is 1. The molecule has 3 rings (SSSR count). The van der Waals surface area contributed by atoms with E-state index in [-0.39, 0.29) is 6.01 Å². The van der Waals surface area contributed by atoms with Gasteiger partial charge in [0.1, 0.15) is 5.76 Å². The molecule has 9 heteroatoms. The second-order valence-corrected chi connectivity index (χ2v) is 7.40. The first-order valence-corrected chi connectivity index (χ1v) is 13.0. The molecule has 0 aromatic carbocycles. The maximum atomic E-state index is 5.85. The van der Waals surface area contributed by atoms with E-state index < -0.39 is 0 Å². The number of hydrogen-bond acceptors (Lipinski definition) is 9. The van der Waals surface area contributed by atoms with Crippen molar-refractivity contribution in [1.29, 1.82) is 0 Å². The number of hydrogen-bond donors (Lipinski definition) is 1. The number of hydrazone groups is 1. The van der Waals surface area contributed by atoms with Gasteiger partial charge in [-0.05, 0) is 44.4 Å². The molecule has 0 atom stereocenters. The van der Waals surface area contributed by atoms with Crippen LogP contribution in [0.5, 0.6) is 6.01 Å². The van der Waals surface area contributed by atoms with Crippen LogP contribution in [0.25, 0.3) is 0 Å². The summed E-state index contributed by atoms with van der Waals surface area (Å²) in [5.41, 5.74) is 4.89. The average Bonchev–Trinajstić information content (AvgIpc) is 3.23. The van der Waals surface area contributed by atoms with Gasteiger partial charge in [0.05, 0.1) is 12.8 Å². The van der Waals surface area contributed by atoms with Gasteiger partial charge in [-0.3, -0.25) is 4.98 Å². The minimum atomic E-state index is 0.272. The quantitative estimate of drug-likeness (QED) is 0.232. The van der Waals surface area contributed by atoms with Crippen LogP contribution in [0.4, 0.5) is 11.8 Å². The van der Waals surface area contributed by atoms with E-state index in [1.165, 1.54) is 0 Å². The first kappa shape index (κ1) is 30.5. The molecule has 198 valence electrons. The lowest BCUT2D eigenvalue weighted by Gasteiger charge is -2.21. The van der Waals surface area contributed by atoms with Crippen molar-refractivity contribution in [1.82, 2.24) is 19.9 Å². The molecule has 3 aromatic heterocycles. The monoisotopic (exact) mass is 497 g/mol. The summed E-state index contributed by atoms with van der Waals surface area (Å²) in [7, 11) is 0. The van der Waals surface area contributed by atoms with Crippen LogP contribution >= 0.6 is 0 Å². The van der Waals surface area contributed by atoms with Gasteiger partial charge in [-0.2, -0.15) is 20.1 Å². The summed E-state index contributed by atoms with van der Waals surface area (Å²) in [6.45, 7) is 18.3. The Morgan fingerprint density at radius 1 is 1.03 bits per heavy atom. The van der Waals surface area contributed by atoms with Crippen molar-refractivity contribution < 1.29 is 9.15 Å². The zero-order valence-corrected chi connectivity index (χ0v) is 23.2. The topological polar surface area (TPSA) is 102 Å². The normalized spacial score (nSPS) is 10.2. The molecule has 3 heterocycles. The minimum Gasteiger partial charge on any atom is -0.463 e. The zero-order valence-electron chi connectivity index (χ0n) is 23.2. The summed E-state index contributed by atoms with van der Waals surface area (Å²) < 4.78 is 11.4. The largest absolute Gasteiger partial charge is 0.463 e. The molecule has 1 N–H and O–H groups in total. The van der Waals surface area contributed by atoms with Gasteiger partial charge in [0, 0.05) is 37.5 Å². The number of aryl methyl sites for hydroxylation is 2. The third-order valence-electron chi connectivity index (χ3n) is 4.73. The number of aromatic nitrogens is 4. The SMILES string of the molecule is CC.CC.CCCN(CCC)c1nc(/C=N/Nc2cc(C)c(C)o2)nc(OCCc2ccccn2)n1. The number of nitrogens with one attached hydrogen (secondary N) is 1. The lowest BCUT2D eigenvalue weighted by Crippen LogP contribution is -2.27. The highest BCUT2D eigenvalue weighted by Gasteiger charge is 2.13. The molecule has 9 nitrogen and oxygen atoms in total. The molecule has 0 aliphatic rings. The Labute approximate surface area is 216 Å². The van der Waals surface area contributed by atoms with Crippen LogP contribution in [-0.2, 0) is 6.42 Å². The van der Waals surface area contributed by atoms with E-state index in [1.54, 1.807) is 12.4 Å². The summed E-state index contributed by atoms with van der Waals surface area (Å²) in [4.78, 5) is 20.0. The molecular weight excluding hydrogens is 454 g/mol. The number of rotatable bonds is 12. The number of pyridine rings is 1. The zero-order chi connectivity index (χ0) is 26.8.